The summed E-state index contributed by atoms with van der Waals surface area (Å²) in [5.41, 5.74) is 1.29. The predicted octanol–water partition coefficient (Wildman–Crippen LogP) is 1.97. The molecule has 0 fully saturated rings. The molecule has 0 aliphatic heterocycles. The van der Waals surface area contributed by atoms with E-state index in [0.717, 1.165) is 10.6 Å². The first kappa shape index (κ1) is 14.0. The highest BCUT2D eigenvalue weighted by atomic mass is 32.2. The maximum atomic E-state index is 12.3. The summed E-state index contributed by atoms with van der Waals surface area (Å²) in [6.45, 7) is 2.35. The van der Waals surface area contributed by atoms with Gasteiger partial charge in [0.05, 0.1) is 5.69 Å². The van der Waals surface area contributed by atoms with Crippen LogP contribution in [0.4, 0.5) is 5.69 Å². The lowest BCUT2D eigenvalue weighted by Crippen LogP contribution is -2.15. The second-order valence-corrected chi connectivity index (χ2v) is 6.68. The van der Waals surface area contributed by atoms with Crippen molar-refractivity contribution in [1.82, 2.24) is 10.3 Å². The van der Waals surface area contributed by atoms with Gasteiger partial charge in [-0.15, -0.1) is 11.3 Å². The highest BCUT2D eigenvalue weighted by Gasteiger charge is 2.19. The van der Waals surface area contributed by atoms with Crippen LogP contribution >= 0.6 is 11.3 Å². The van der Waals surface area contributed by atoms with Crippen molar-refractivity contribution in [3.8, 4) is 0 Å². The fourth-order valence-electron chi connectivity index (χ4n) is 1.68. The first-order valence-electron chi connectivity index (χ1n) is 5.69. The van der Waals surface area contributed by atoms with Crippen molar-refractivity contribution in [2.75, 3.05) is 11.8 Å². The summed E-state index contributed by atoms with van der Waals surface area (Å²) in [5, 5.41) is 4.74. The fraction of sp³-hybridized carbons (Fsp3) is 0.250. The monoisotopic (exact) mass is 297 g/mol. The molecule has 7 heteroatoms. The molecule has 2 aromatic heterocycles. The van der Waals surface area contributed by atoms with Crippen molar-refractivity contribution in [3.05, 3.63) is 40.3 Å². The van der Waals surface area contributed by atoms with E-state index in [1.807, 2.05) is 6.92 Å². The Balaban J connectivity index is 2.30. The SMILES string of the molecule is CNCc1sccc1S(=O)(=O)Nc1ccnc(C)c1. The van der Waals surface area contributed by atoms with Crippen LogP contribution in [0, 0.1) is 6.92 Å². The van der Waals surface area contributed by atoms with Gasteiger partial charge in [-0.3, -0.25) is 9.71 Å². The molecule has 0 aliphatic rings. The van der Waals surface area contributed by atoms with E-state index in [1.54, 1.807) is 36.8 Å². The van der Waals surface area contributed by atoms with E-state index < -0.39 is 10.0 Å². The molecular weight excluding hydrogens is 282 g/mol. The molecule has 2 rings (SSSR count). The van der Waals surface area contributed by atoms with E-state index in [-0.39, 0.29) is 0 Å². The number of nitrogens with zero attached hydrogens (tertiary/aromatic N) is 1. The van der Waals surface area contributed by atoms with E-state index in [2.05, 4.69) is 15.0 Å². The lowest BCUT2D eigenvalue weighted by atomic mass is 10.3. The summed E-state index contributed by atoms with van der Waals surface area (Å²) >= 11 is 1.42. The van der Waals surface area contributed by atoms with Gasteiger partial charge in [0.15, 0.2) is 0 Å². The largest absolute Gasteiger partial charge is 0.315 e. The number of rotatable bonds is 5. The summed E-state index contributed by atoms with van der Waals surface area (Å²) in [4.78, 5) is 5.15. The van der Waals surface area contributed by atoms with E-state index in [4.69, 9.17) is 0 Å². The molecule has 2 N–H and O–H groups in total. The minimum atomic E-state index is -3.55. The van der Waals surface area contributed by atoms with Crippen LogP contribution in [-0.2, 0) is 16.6 Å². The fourth-order valence-corrected chi connectivity index (χ4v) is 4.18. The third kappa shape index (κ3) is 3.31. The summed E-state index contributed by atoms with van der Waals surface area (Å²) in [6, 6.07) is 4.95. The van der Waals surface area contributed by atoms with Gasteiger partial charge in [0, 0.05) is 23.3 Å². The van der Waals surface area contributed by atoms with E-state index in [9.17, 15) is 8.42 Å². The average Bonchev–Trinajstić information content (AvgIpc) is 2.78. The van der Waals surface area contributed by atoms with Gasteiger partial charge in [0.1, 0.15) is 4.90 Å². The van der Waals surface area contributed by atoms with Crippen molar-refractivity contribution < 1.29 is 8.42 Å². The zero-order chi connectivity index (χ0) is 13.9. The number of sulfonamides is 1. The van der Waals surface area contributed by atoms with Crippen molar-refractivity contribution >= 4 is 27.0 Å². The number of hydrogen-bond donors (Lipinski definition) is 2. The van der Waals surface area contributed by atoms with Crippen LogP contribution in [0.5, 0.6) is 0 Å². The molecule has 5 nitrogen and oxygen atoms in total. The zero-order valence-corrected chi connectivity index (χ0v) is 12.3. The van der Waals surface area contributed by atoms with Crippen LogP contribution in [-0.4, -0.2) is 20.4 Å². The number of pyridine rings is 1. The van der Waals surface area contributed by atoms with Gasteiger partial charge in [-0.2, -0.15) is 0 Å². The average molecular weight is 297 g/mol. The molecule has 0 atom stereocenters. The third-order valence-corrected chi connectivity index (χ3v) is 5.00. The Labute approximate surface area is 116 Å². The molecule has 0 bridgehead atoms. The van der Waals surface area contributed by atoms with Gasteiger partial charge >= 0.3 is 0 Å². The van der Waals surface area contributed by atoms with Crippen LogP contribution in [0.1, 0.15) is 10.6 Å². The number of hydrogen-bond acceptors (Lipinski definition) is 5. The first-order chi connectivity index (χ1) is 9.03. The quantitative estimate of drug-likeness (QED) is 0.885. The highest BCUT2D eigenvalue weighted by Crippen LogP contribution is 2.24. The molecule has 0 unspecified atom stereocenters. The van der Waals surface area contributed by atoms with Crippen molar-refractivity contribution in [1.29, 1.82) is 0 Å². The zero-order valence-electron chi connectivity index (χ0n) is 10.7. The molecule has 0 radical (unpaired) electrons. The number of nitrogens with one attached hydrogen (secondary N) is 2. The molecule has 102 valence electrons. The van der Waals surface area contributed by atoms with Crippen LogP contribution in [0.25, 0.3) is 0 Å². The Kier molecular flexibility index (Phi) is 4.18. The normalized spacial score (nSPS) is 11.5. The lowest BCUT2D eigenvalue weighted by molar-refractivity contribution is 0.600. The maximum absolute atomic E-state index is 12.3. The Bertz CT molecular complexity index is 665. The van der Waals surface area contributed by atoms with E-state index >= 15 is 0 Å². The van der Waals surface area contributed by atoms with Gasteiger partial charge < -0.3 is 5.32 Å². The van der Waals surface area contributed by atoms with Crippen LogP contribution in [0.2, 0.25) is 0 Å². The summed E-state index contributed by atoms with van der Waals surface area (Å²) in [5.74, 6) is 0. The van der Waals surface area contributed by atoms with Gasteiger partial charge in [0.25, 0.3) is 10.0 Å². The second-order valence-electron chi connectivity index (χ2n) is 4.03. The van der Waals surface area contributed by atoms with E-state index in [1.165, 1.54) is 11.3 Å². The predicted molar refractivity (Wildman–Crippen MR) is 76.9 cm³/mol. The van der Waals surface area contributed by atoms with Crippen molar-refractivity contribution in [3.63, 3.8) is 0 Å². The van der Waals surface area contributed by atoms with Gasteiger partial charge in [-0.25, -0.2) is 8.42 Å². The standard InChI is InChI=1S/C12H15N3O2S2/c1-9-7-10(3-5-14-9)15-19(16,17)12-4-6-18-11(12)8-13-2/h3-7,13H,8H2,1-2H3,(H,14,15). The van der Waals surface area contributed by atoms with Gasteiger partial charge in [-0.1, -0.05) is 0 Å². The summed E-state index contributed by atoms with van der Waals surface area (Å²) in [7, 11) is -1.76. The van der Waals surface area contributed by atoms with E-state index in [0.29, 0.717) is 17.1 Å². The molecule has 0 saturated heterocycles. The molecule has 2 heterocycles. The smallest absolute Gasteiger partial charge is 0.263 e. The molecule has 0 aromatic carbocycles. The van der Waals surface area contributed by atoms with Crippen molar-refractivity contribution in [2.45, 2.75) is 18.4 Å². The summed E-state index contributed by atoms with van der Waals surface area (Å²) < 4.78 is 27.2. The topological polar surface area (TPSA) is 71.1 Å². The number of thiophene rings is 1. The third-order valence-electron chi connectivity index (χ3n) is 2.48. The number of aryl methyl sites for hydroxylation is 1. The Hall–Kier alpha value is -1.44. The number of aromatic nitrogens is 1. The Morgan fingerprint density at radius 1 is 1.37 bits per heavy atom. The minimum absolute atomic E-state index is 0.321. The molecule has 2 aromatic rings. The van der Waals surface area contributed by atoms with Crippen LogP contribution in [0.15, 0.2) is 34.7 Å². The lowest BCUT2D eigenvalue weighted by Gasteiger charge is -2.09. The Morgan fingerprint density at radius 2 is 2.16 bits per heavy atom. The molecule has 19 heavy (non-hydrogen) atoms. The van der Waals surface area contributed by atoms with Gasteiger partial charge in [-0.05, 0) is 37.6 Å². The summed E-state index contributed by atoms with van der Waals surface area (Å²) in [6.07, 6.45) is 1.58. The maximum Gasteiger partial charge on any atom is 0.263 e. The molecule has 0 spiro atoms. The highest BCUT2D eigenvalue weighted by molar-refractivity contribution is 7.93. The minimum Gasteiger partial charge on any atom is -0.315 e. The molecule has 0 saturated carbocycles. The van der Waals surface area contributed by atoms with Crippen LogP contribution in [0.3, 0.4) is 0 Å². The van der Waals surface area contributed by atoms with Crippen LogP contribution < -0.4 is 10.0 Å². The number of anilines is 1. The van der Waals surface area contributed by atoms with Gasteiger partial charge in [0.2, 0.25) is 0 Å². The second kappa shape index (κ2) is 5.68. The first-order valence-corrected chi connectivity index (χ1v) is 8.05. The van der Waals surface area contributed by atoms with Crippen molar-refractivity contribution in [2.24, 2.45) is 0 Å². The Morgan fingerprint density at radius 3 is 2.84 bits per heavy atom. The molecule has 0 aliphatic carbocycles. The molecule has 0 amide bonds. The molecular formula is C12H15N3O2S2.